The van der Waals surface area contributed by atoms with Crippen LogP contribution in [0.4, 0.5) is 0 Å². The molecule has 0 aliphatic heterocycles. The average Bonchev–Trinajstić information content (AvgIpc) is 2.79. The van der Waals surface area contributed by atoms with Gasteiger partial charge in [-0.3, -0.25) is 19.1 Å². The number of amides is 1. The van der Waals surface area contributed by atoms with Crippen LogP contribution in [0, 0.1) is 0 Å². The predicted octanol–water partition coefficient (Wildman–Crippen LogP) is 4.35. The van der Waals surface area contributed by atoms with Crippen molar-refractivity contribution in [3.8, 4) is 5.69 Å². The lowest BCUT2D eigenvalue weighted by atomic mass is 10.1. The van der Waals surface area contributed by atoms with Crippen molar-refractivity contribution >= 4 is 28.3 Å². The Morgan fingerprint density at radius 3 is 2.40 bits per heavy atom. The Balaban J connectivity index is 1.73. The Hall–Kier alpha value is -3.44. The van der Waals surface area contributed by atoms with Crippen LogP contribution in [-0.2, 0) is 6.42 Å². The maximum Gasteiger partial charge on any atom is 0.262 e. The number of benzene rings is 2. The number of fused-ring (bicyclic) bond motifs is 1. The molecule has 1 amide bonds. The predicted molar refractivity (Wildman–Crippen MR) is 119 cm³/mol. The van der Waals surface area contributed by atoms with Crippen LogP contribution in [0.15, 0.2) is 83.9 Å². The molecule has 0 aliphatic carbocycles. The van der Waals surface area contributed by atoms with E-state index in [4.69, 9.17) is 11.6 Å². The van der Waals surface area contributed by atoms with Gasteiger partial charge in [0, 0.05) is 59.6 Å². The molecule has 2 aromatic carbocycles. The van der Waals surface area contributed by atoms with Gasteiger partial charge in [-0.2, -0.15) is 0 Å². The molecule has 0 aliphatic rings. The Morgan fingerprint density at radius 1 is 1.00 bits per heavy atom. The first kappa shape index (κ1) is 19.9. The van der Waals surface area contributed by atoms with Gasteiger partial charge in [-0.1, -0.05) is 35.9 Å². The number of hydrogen-bond donors (Lipinski definition) is 0. The van der Waals surface area contributed by atoms with Crippen LogP contribution in [0.2, 0.25) is 5.02 Å². The molecule has 2 aromatic heterocycles. The van der Waals surface area contributed by atoms with Crippen molar-refractivity contribution in [3.05, 3.63) is 106 Å². The van der Waals surface area contributed by atoms with E-state index in [-0.39, 0.29) is 11.5 Å². The van der Waals surface area contributed by atoms with E-state index in [0.717, 1.165) is 5.69 Å². The molecule has 4 rings (SSSR count). The summed E-state index contributed by atoms with van der Waals surface area (Å²) in [5, 5.41) is 1.72. The van der Waals surface area contributed by atoms with Gasteiger partial charge in [0.05, 0.1) is 5.56 Å². The van der Waals surface area contributed by atoms with Crippen molar-refractivity contribution in [2.45, 2.75) is 6.42 Å². The van der Waals surface area contributed by atoms with Crippen LogP contribution in [0.25, 0.3) is 16.5 Å². The van der Waals surface area contributed by atoms with Gasteiger partial charge in [0.25, 0.3) is 11.5 Å². The number of halogens is 1. The minimum absolute atomic E-state index is 0.148. The molecular weight excluding hydrogens is 398 g/mol. The molecule has 0 saturated heterocycles. The SMILES string of the molecule is CN(CCc1ccccn1)C(=O)c1cn(-c2ccc(Cl)cc2)c(=O)c2ccccc12. The monoisotopic (exact) mass is 417 g/mol. The first-order chi connectivity index (χ1) is 14.5. The van der Waals surface area contributed by atoms with Gasteiger partial charge in [-0.05, 0) is 42.5 Å². The minimum Gasteiger partial charge on any atom is -0.341 e. The van der Waals surface area contributed by atoms with Crippen LogP contribution in [0.5, 0.6) is 0 Å². The Morgan fingerprint density at radius 2 is 1.70 bits per heavy atom. The smallest absolute Gasteiger partial charge is 0.262 e. The van der Waals surface area contributed by atoms with Crippen molar-refractivity contribution < 1.29 is 4.79 Å². The number of rotatable bonds is 5. The third-order valence-electron chi connectivity index (χ3n) is 5.04. The normalized spacial score (nSPS) is 10.9. The van der Waals surface area contributed by atoms with E-state index in [0.29, 0.717) is 40.0 Å². The molecule has 0 bridgehead atoms. The van der Waals surface area contributed by atoms with Crippen molar-refractivity contribution in [3.63, 3.8) is 0 Å². The Labute approximate surface area is 179 Å². The van der Waals surface area contributed by atoms with Crippen LogP contribution in [0.3, 0.4) is 0 Å². The highest BCUT2D eigenvalue weighted by Gasteiger charge is 2.18. The summed E-state index contributed by atoms with van der Waals surface area (Å²) < 4.78 is 1.50. The highest BCUT2D eigenvalue weighted by Crippen LogP contribution is 2.20. The molecule has 6 heteroatoms. The molecule has 0 saturated carbocycles. The highest BCUT2D eigenvalue weighted by atomic mass is 35.5. The second kappa shape index (κ2) is 8.51. The van der Waals surface area contributed by atoms with E-state index in [2.05, 4.69) is 4.98 Å². The molecule has 0 radical (unpaired) electrons. The Kier molecular flexibility index (Phi) is 5.63. The van der Waals surface area contributed by atoms with Gasteiger partial charge in [-0.25, -0.2) is 0 Å². The molecule has 0 fully saturated rings. The molecule has 2 heterocycles. The number of pyridine rings is 2. The molecule has 30 heavy (non-hydrogen) atoms. The van der Waals surface area contributed by atoms with Gasteiger partial charge < -0.3 is 4.90 Å². The van der Waals surface area contributed by atoms with E-state index >= 15 is 0 Å². The summed E-state index contributed by atoms with van der Waals surface area (Å²) in [5.74, 6) is -0.148. The maximum atomic E-state index is 13.3. The van der Waals surface area contributed by atoms with Crippen LogP contribution in [0.1, 0.15) is 16.1 Å². The third-order valence-corrected chi connectivity index (χ3v) is 5.29. The number of carbonyl (C=O) groups excluding carboxylic acids is 1. The maximum absolute atomic E-state index is 13.3. The largest absolute Gasteiger partial charge is 0.341 e. The summed E-state index contributed by atoms with van der Waals surface area (Å²) in [6.07, 6.45) is 4.01. The summed E-state index contributed by atoms with van der Waals surface area (Å²) in [5.41, 5.74) is 1.87. The van der Waals surface area contributed by atoms with Gasteiger partial charge in [0.1, 0.15) is 0 Å². The third kappa shape index (κ3) is 3.98. The lowest BCUT2D eigenvalue weighted by Crippen LogP contribution is -2.31. The van der Waals surface area contributed by atoms with Crippen molar-refractivity contribution in [2.75, 3.05) is 13.6 Å². The zero-order valence-corrected chi connectivity index (χ0v) is 17.2. The van der Waals surface area contributed by atoms with E-state index in [1.165, 1.54) is 4.57 Å². The molecule has 0 atom stereocenters. The number of aromatic nitrogens is 2. The van der Waals surface area contributed by atoms with Crippen LogP contribution in [-0.4, -0.2) is 34.0 Å². The van der Waals surface area contributed by atoms with Crippen LogP contribution < -0.4 is 5.56 Å². The van der Waals surface area contributed by atoms with Gasteiger partial charge in [0.15, 0.2) is 0 Å². The standard InChI is InChI=1S/C24H20ClN3O2/c1-27(15-13-18-6-4-5-14-26-18)23(29)22-16-28(19-11-9-17(25)10-12-19)24(30)21-8-3-2-7-20(21)22/h2-12,14,16H,13,15H2,1H3. The molecule has 4 aromatic rings. The van der Waals surface area contributed by atoms with E-state index < -0.39 is 0 Å². The number of nitrogens with zero attached hydrogens (tertiary/aromatic N) is 3. The van der Waals surface area contributed by atoms with Gasteiger partial charge in [0.2, 0.25) is 0 Å². The molecule has 150 valence electrons. The second-order valence-corrected chi connectivity index (χ2v) is 7.47. The van der Waals surface area contributed by atoms with E-state index in [1.54, 1.807) is 60.7 Å². The van der Waals surface area contributed by atoms with Gasteiger partial charge in [-0.15, -0.1) is 0 Å². The van der Waals surface area contributed by atoms with E-state index in [1.807, 2.05) is 30.3 Å². The number of carbonyl (C=O) groups is 1. The first-order valence-electron chi connectivity index (χ1n) is 9.60. The van der Waals surface area contributed by atoms with Crippen LogP contribution >= 0.6 is 11.6 Å². The quantitative estimate of drug-likeness (QED) is 0.485. The summed E-state index contributed by atoms with van der Waals surface area (Å²) in [6, 6.07) is 19.9. The summed E-state index contributed by atoms with van der Waals surface area (Å²) in [4.78, 5) is 32.3. The summed E-state index contributed by atoms with van der Waals surface area (Å²) in [6.45, 7) is 0.518. The average molecular weight is 418 g/mol. The second-order valence-electron chi connectivity index (χ2n) is 7.04. The lowest BCUT2D eigenvalue weighted by Gasteiger charge is -2.19. The Bertz CT molecular complexity index is 1250. The fraction of sp³-hybridized carbons (Fsp3) is 0.125. The first-order valence-corrected chi connectivity index (χ1v) is 9.98. The lowest BCUT2D eigenvalue weighted by molar-refractivity contribution is 0.0797. The minimum atomic E-state index is -0.180. The molecule has 5 nitrogen and oxygen atoms in total. The molecule has 0 N–H and O–H groups in total. The highest BCUT2D eigenvalue weighted by molar-refractivity contribution is 6.30. The summed E-state index contributed by atoms with van der Waals surface area (Å²) in [7, 11) is 1.76. The van der Waals surface area contributed by atoms with Crippen molar-refractivity contribution in [2.24, 2.45) is 0 Å². The zero-order chi connectivity index (χ0) is 21.1. The van der Waals surface area contributed by atoms with Crippen molar-refractivity contribution in [1.82, 2.24) is 14.5 Å². The fourth-order valence-electron chi connectivity index (χ4n) is 3.39. The number of hydrogen-bond acceptors (Lipinski definition) is 3. The van der Waals surface area contributed by atoms with E-state index in [9.17, 15) is 9.59 Å². The topological polar surface area (TPSA) is 55.2 Å². The summed E-state index contributed by atoms with van der Waals surface area (Å²) >= 11 is 5.99. The molecule has 0 unspecified atom stereocenters. The fourth-order valence-corrected chi connectivity index (χ4v) is 3.52. The zero-order valence-electron chi connectivity index (χ0n) is 16.5. The number of likely N-dealkylation sites (N-methyl/N-ethyl adjacent to an activating group) is 1. The van der Waals surface area contributed by atoms with Crippen molar-refractivity contribution in [1.29, 1.82) is 0 Å². The molecular formula is C24H20ClN3O2. The van der Waals surface area contributed by atoms with Gasteiger partial charge >= 0.3 is 0 Å². The molecule has 0 spiro atoms.